The van der Waals surface area contributed by atoms with Gasteiger partial charge < -0.3 is 15.0 Å². The summed E-state index contributed by atoms with van der Waals surface area (Å²) in [5, 5.41) is 4.34. The van der Waals surface area contributed by atoms with Crippen LogP contribution in [0.5, 0.6) is 5.75 Å². The molecule has 0 radical (unpaired) electrons. The fourth-order valence-corrected chi connectivity index (χ4v) is 3.37. The summed E-state index contributed by atoms with van der Waals surface area (Å²) in [6.45, 7) is 0.734. The van der Waals surface area contributed by atoms with Gasteiger partial charge in [0.25, 0.3) is 0 Å². The molecule has 1 fully saturated rings. The zero-order valence-corrected chi connectivity index (χ0v) is 12.4. The molecule has 6 heteroatoms. The molecule has 1 aliphatic rings. The van der Waals surface area contributed by atoms with E-state index in [1.807, 2.05) is 25.2 Å². The van der Waals surface area contributed by atoms with Crippen LogP contribution in [0, 0.1) is 0 Å². The van der Waals surface area contributed by atoms with Crippen molar-refractivity contribution in [2.24, 2.45) is 0 Å². The van der Waals surface area contributed by atoms with Crippen LogP contribution in [0.15, 0.2) is 18.2 Å². The molecule has 1 N–H and O–H groups in total. The molecule has 5 nitrogen and oxygen atoms in total. The number of fused-ring (bicyclic) bond motifs is 1. The monoisotopic (exact) mass is 291 g/mol. The van der Waals surface area contributed by atoms with Gasteiger partial charge in [0, 0.05) is 26.1 Å². The third-order valence-electron chi connectivity index (χ3n) is 3.55. The van der Waals surface area contributed by atoms with Crippen molar-refractivity contribution >= 4 is 32.6 Å². The molecule has 0 saturated carbocycles. The van der Waals surface area contributed by atoms with Gasteiger partial charge in [0.1, 0.15) is 5.75 Å². The number of amides is 1. The van der Waals surface area contributed by atoms with E-state index in [1.165, 1.54) is 0 Å². The second-order valence-electron chi connectivity index (χ2n) is 5.01. The van der Waals surface area contributed by atoms with Crippen LogP contribution in [0.2, 0.25) is 0 Å². The van der Waals surface area contributed by atoms with Crippen LogP contribution in [0.1, 0.15) is 12.8 Å². The van der Waals surface area contributed by atoms with Gasteiger partial charge in [-0.15, -0.1) is 0 Å². The highest BCUT2D eigenvalue weighted by Gasteiger charge is 2.23. The summed E-state index contributed by atoms with van der Waals surface area (Å²) < 4.78 is 6.33. The number of hydrogen-bond donors (Lipinski definition) is 1. The number of anilines is 1. The maximum absolute atomic E-state index is 11.5. The first kappa shape index (κ1) is 13.2. The molecule has 0 bridgehead atoms. The van der Waals surface area contributed by atoms with Gasteiger partial charge in [-0.2, -0.15) is 0 Å². The van der Waals surface area contributed by atoms with Gasteiger partial charge in [0.2, 0.25) is 5.91 Å². The Morgan fingerprint density at radius 3 is 3.10 bits per heavy atom. The van der Waals surface area contributed by atoms with Gasteiger partial charge in [-0.3, -0.25) is 4.79 Å². The number of nitrogens with one attached hydrogen (secondary N) is 1. The maximum Gasteiger partial charge on any atom is 0.222 e. The SMILES string of the molecule is COc1ccc2nc(NC3CCC(=O)N(C)C3)sc2c1. The van der Waals surface area contributed by atoms with Crippen molar-refractivity contribution in [1.29, 1.82) is 0 Å². The summed E-state index contributed by atoms with van der Waals surface area (Å²) in [6.07, 6.45) is 1.47. The number of hydrogen-bond acceptors (Lipinski definition) is 5. The molecule has 1 atom stereocenters. The van der Waals surface area contributed by atoms with E-state index < -0.39 is 0 Å². The first-order valence-corrected chi connectivity index (χ1v) is 7.42. The van der Waals surface area contributed by atoms with Gasteiger partial charge in [-0.05, 0) is 24.6 Å². The molecular weight excluding hydrogens is 274 g/mol. The molecule has 0 aliphatic carbocycles. The van der Waals surface area contributed by atoms with Gasteiger partial charge in [0.05, 0.1) is 17.3 Å². The number of likely N-dealkylation sites (tertiary alicyclic amines) is 1. The lowest BCUT2D eigenvalue weighted by molar-refractivity contribution is -0.132. The minimum Gasteiger partial charge on any atom is -0.497 e. The number of rotatable bonds is 3. The molecule has 1 saturated heterocycles. The number of methoxy groups -OCH3 is 1. The minimum atomic E-state index is 0.220. The molecule has 2 aromatic rings. The molecule has 1 unspecified atom stereocenters. The Morgan fingerprint density at radius 1 is 1.50 bits per heavy atom. The van der Waals surface area contributed by atoms with Crippen molar-refractivity contribution in [1.82, 2.24) is 9.88 Å². The number of carbonyl (C=O) groups excluding carboxylic acids is 1. The Morgan fingerprint density at radius 2 is 2.35 bits per heavy atom. The van der Waals surface area contributed by atoms with Crippen molar-refractivity contribution in [2.45, 2.75) is 18.9 Å². The highest BCUT2D eigenvalue weighted by atomic mass is 32.1. The van der Waals surface area contributed by atoms with Gasteiger partial charge in [-0.25, -0.2) is 4.98 Å². The Bertz CT molecular complexity index is 640. The highest BCUT2D eigenvalue weighted by Crippen LogP contribution is 2.30. The molecule has 1 amide bonds. The normalized spacial score (nSPS) is 19.4. The van der Waals surface area contributed by atoms with Gasteiger partial charge in [0.15, 0.2) is 5.13 Å². The zero-order chi connectivity index (χ0) is 14.1. The molecule has 3 rings (SSSR count). The number of likely N-dealkylation sites (N-methyl/N-ethyl adjacent to an activating group) is 1. The van der Waals surface area contributed by atoms with E-state index in [4.69, 9.17) is 4.74 Å². The van der Waals surface area contributed by atoms with Crippen molar-refractivity contribution in [3.8, 4) is 5.75 Å². The highest BCUT2D eigenvalue weighted by molar-refractivity contribution is 7.22. The number of aromatic nitrogens is 1. The van der Waals surface area contributed by atoms with E-state index in [0.29, 0.717) is 6.42 Å². The van der Waals surface area contributed by atoms with E-state index >= 15 is 0 Å². The first-order valence-electron chi connectivity index (χ1n) is 6.61. The predicted molar refractivity (Wildman–Crippen MR) is 80.5 cm³/mol. The van der Waals surface area contributed by atoms with E-state index in [2.05, 4.69) is 10.3 Å². The van der Waals surface area contributed by atoms with Crippen LogP contribution >= 0.6 is 11.3 Å². The van der Waals surface area contributed by atoms with E-state index in [1.54, 1.807) is 23.3 Å². The van der Waals surface area contributed by atoms with Crippen LogP contribution in [-0.4, -0.2) is 42.5 Å². The smallest absolute Gasteiger partial charge is 0.222 e. The third-order valence-corrected chi connectivity index (χ3v) is 4.50. The van der Waals surface area contributed by atoms with Crippen molar-refractivity contribution in [3.05, 3.63) is 18.2 Å². The molecule has 1 aliphatic heterocycles. The molecule has 2 heterocycles. The number of thiazole rings is 1. The fourth-order valence-electron chi connectivity index (χ4n) is 2.40. The predicted octanol–water partition coefficient (Wildman–Crippen LogP) is 2.34. The second kappa shape index (κ2) is 5.28. The van der Waals surface area contributed by atoms with Gasteiger partial charge in [-0.1, -0.05) is 11.3 Å². The summed E-state index contributed by atoms with van der Waals surface area (Å²) in [7, 11) is 3.51. The lowest BCUT2D eigenvalue weighted by Gasteiger charge is -2.29. The van der Waals surface area contributed by atoms with E-state index in [-0.39, 0.29) is 11.9 Å². The molecule has 1 aromatic carbocycles. The number of carbonyl (C=O) groups is 1. The Labute approximate surface area is 121 Å². The van der Waals surface area contributed by atoms with Crippen LogP contribution in [0.4, 0.5) is 5.13 Å². The Hall–Kier alpha value is -1.82. The molecular formula is C14H17N3O2S. The Balaban J connectivity index is 1.76. The van der Waals surface area contributed by atoms with E-state index in [9.17, 15) is 4.79 Å². The minimum absolute atomic E-state index is 0.220. The maximum atomic E-state index is 11.5. The summed E-state index contributed by atoms with van der Waals surface area (Å²) in [6, 6.07) is 6.15. The Kier molecular flexibility index (Phi) is 3.48. The topological polar surface area (TPSA) is 54.5 Å². The summed E-state index contributed by atoms with van der Waals surface area (Å²) in [5.74, 6) is 1.06. The number of piperidine rings is 1. The molecule has 1 aromatic heterocycles. The molecule has 0 spiro atoms. The zero-order valence-electron chi connectivity index (χ0n) is 11.5. The average molecular weight is 291 g/mol. The second-order valence-corrected chi connectivity index (χ2v) is 6.04. The molecule has 106 valence electrons. The quantitative estimate of drug-likeness (QED) is 0.943. The van der Waals surface area contributed by atoms with Crippen LogP contribution in [0.25, 0.3) is 10.2 Å². The fraction of sp³-hybridized carbons (Fsp3) is 0.429. The standard InChI is InChI=1S/C14H17N3O2S/c1-17-8-9(3-6-13(17)18)15-14-16-11-5-4-10(19-2)7-12(11)20-14/h4-5,7,9H,3,6,8H2,1-2H3,(H,15,16). The average Bonchev–Trinajstić information content (AvgIpc) is 2.84. The van der Waals surface area contributed by atoms with Crippen LogP contribution < -0.4 is 10.1 Å². The number of benzene rings is 1. The number of nitrogens with zero attached hydrogens (tertiary/aromatic N) is 2. The summed E-state index contributed by atoms with van der Waals surface area (Å²) >= 11 is 1.62. The summed E-state index contributed by atoms with van der Waals surface area (Å²) in [4.78, 5) is 17.8. The largest absolute Gasteiger partial charge is 0.497 e. The molecule has 20 heavy (non-hydrogen) atoms. The van der Waals surface area contributed by atoms with E-state index in [0.717, 1.165) is 34.1 Å². The van der Waals surface area contributed by atoms with Crippen molar-refractivity contribution < 1.29 is 9.53 Å². The first-order chi connectivity index (χ1) is 9.65. The summed E-state index contributed by atoms with van der Waals surface area (Å²) in [5.41, 5.74) is 0.971. The van der Waals surface area contributed by atoms with Crippen molar-refractivity contribution in [3.63, 3.8) is 0 Å². The lowest BCUT2D eigenvalue weighted by atomic mass is 10.1. The van der Waals surface area contributed by atoms with Gasteiger partial charge >= 0.3 is 0 Å². The lowest BCUT2D eigenvalue weighted by Crippen LogP contribution is -2.43. The van der Waals surface area contributed by atoms with Crippen LogP contribution in [0.3, 0.4) is 0 Å². The number of ether oxygens (including phenoxy) is 1. The van der Waals surface area contributed by atoms with Crippen molar-refractivity contribution in [2.75, 3.05) is 26.0 Å². The third kappa shape index (κ3) is 2.56. The van der Waals surface area contributed by atoms with Crippen LogP contribution in [-0.2, 0) is 4.79 Å².